The smallest absolute Gasteiger partial charge is 0.305 e. The van der Waals surface area contributed by atoms with E-state index in [0.29, 0.717) is 12.8 Å². The third-order valence-electron chi connectivity index (χ3n) is 5.91. The number of carbonyl (C=O) groups is 1. The van der Waals surface area contributed by atoms with E-state index in [4.69, 9.17) is 4.74 Å². The molecular weight excluding hydrogens is 376 g/mol. The molecule has 0 atom stereocenters. The maximum Gasteiger partial charge on any atom is 0.305 e. The van der Waals surface area contributed by atoms with Gasteiger partial charge < -0.3 is 14.9 Å². The Kier molecular flexibility index (Phi) is 20.7. The molecule has 0 amide bonds. The second-order valence-corrected chi connectivity index (χ2v) is 8.91. The minimum atomic E-state index is -0.686. The van der Waals surface area contributed by atoms with Gasteiger partial charge >= 0.3 is 5.97 Å². The van der Waals surface area contributed by atoms with Gasteiger partial charge in [-0.25, -0.2) is 0 Å². The summed E-state index contributed by atoms with van der Waals surface area (Å²) in [6.45, 7) is 4.14. The van der Waals surface area contributed by atoms with E-state index < -0.39 is 5.41 Å². The van der Waals surface area contributed by atoms with Crippen LogP contribution >= 0.6 is 0 Å². The summed E-state index contributed by atoms with van der Waals surface area (Å²) in [6, 6.07) is 0. The molecule has 0 fully saturated rings. The molecule has 0 radical (unpaired) electrons. The van der Waals surface area contributed by atoms with Crippen molar-refractivity contribution in [2.45, 2.75) is 123 Å². The molecular formula is C26H50O4. The van der Waals surface area contributed by atoms with Crippen molar-refractivity contribution in [2.75, 3.05) is 19.8 Å². The van der Waals surface area contributed by atoms with Crippen molar-refractivity contribution in [3.8, 4) is 0 Å². The van der Waals surface area contributed by atoms with Crippen LogP contribution in [0, 0.1) is 5.41 Å². The van der Waals surface area contributed by atoms with Gasteiger partial charge in [-0.2, -0.15) is 0 Å². The summed E-state index contributed by atoms with van der Waals surface area (Å²) in [5.74, 6) is -0.213. The number of allylic oxidation sites excluding steroid dienone is 2. The molecule has 0 aliphatic heterocycles. The number of unbranched alkanes of at least 4 members (excludes halogenated alkanes) is 12. The molecule has 0 aromatic heterocycles. The van der Waals surface area contributed by atoms with Crippen LogP contribution in [0.4, 0.5) is 0 Å². The van der Waals surface area contributed by atoms with E-state index in [-0.39, 0.29) is 25.8 Å². The minimum absolute atomic E-state index is 0.115. The van der Waals surface area contributed by atoms with Gasteiger partial charge in [0.25, 0.3) is 0 Å². The van der Waals surface area contributed by atoms with Gasteiger partial charge in [-0.3, -0.25) is 4.79 Å². The highest BCUT2D eigenvalue weighted by Crippen LogP contribution is 2.24. The lowest BCUT2D eigenvalue weighted by Gasteiger charge is -2.29. The molecule has 0 bridgehead atoms. The van der Waals surface area contributed by atoms with Crippen molar-refractivity contribution in [1.82, 2.24) is 0 Å². The van der Waals surface area contributed by atoms with Gasteiger partial charge in [0.05, 0.1) is 18.6 Å². The van der Waals surface area contributed by atoms with Crippen molar-refractivity contribution < 1.29 is 19.7 Å². The quantitative estimate of drug-likeness (QED) is 0.114. The Labute approximate surface area is 186 Å². The molecule has 0 aliphatic carbocycles. The largest absolute Gasteiger partial charge is 0.465 e. The highest BCUT2D eigenvalue weighted by atomic mass is 16.5. The number of rotatable bonds is 22. The zero-order valence-corrected chi connectivity index (χ0v) is 20.0. The molecule has 30 heavy (non-hydrogen) atoms. The molecule has 0 unspecified atom stereocenters. The fraction of sp³-hybridized carbons (Fsp3) is 0.885. The maximum atomic E-state index is 11.9. The zero-order valence-electron chi connectivity index (χ0n) is 20.0. The normalized spacial score (nSPS) is 12.0. The van der Waals surface area contributed by atoms with Crippen LogP contribution in [0.2, 0.25) is 0 Å². The molecule has 0 aliphatic rings. The Morgan fingerprint density at radius 3 is 1.77 bits per heavy atom. The SMILES string of the molecule is CCCCCCCCC=CCCCCCCCC(=O)OCC(CO)(CO)CCCC. The van der Waals surface area contributed by atoms with Gasteiger partial charge in [0.2, 0.25) is 0 Å². The number of aliphatic hydroxyl groups excluding tert-OH is 2. The summed E-state index contributed by atoms with van der Waals surface area (Å²) in [5.41, 5.74) is -0.686. The molecule has 4 heteroatoms. The van der Waals surface area contributed by atoms with E-state index in [9.17, 15) is 15.0 Å². The second kappa shape index (κ2) is 21.4. The lowest BCUT2D eigenvalue weighted by molar-refractivity contribution is -0.150. The Balaban J connectivity index is 3.57. The molecule has 2 N–H and O–H groups in total. The Bertz CT molecular complexity index is 402. The van der Waals surface area contributed by atoms with Crippen molar-refractivity contribution >= 4 is 5.97 Å². The van der Waals surface area contributed by atoms with E-state index in [1.807, 2.05) is 0 Å². The number of hydrogen-bond donors (Lipinski definition) is 2. The van der Waals surface area contributed by atoms with Crippen LogP contribution in [0.25, 0.3) is 0 Å². The summed E-state index contributed by atoms with van der Waals surface area (Å²) >= 11 is 0. The average molecular weight is 427 g/mol. The number of hydrogen-bond acceptors (Lipinski definition) is 4. The number of carbonyl (C=O) groups excluding carboxylic acids is 1. The first-order chi connectivity index (χ1) is 14.6. The van der Waals surface area contributed by atoms with E-state index >= 15 is 0 Å². The van der Waals surface area contributed by atoms with Crippen molar-refractivity contribution in [2.24, 2.45) is 5.41 Å². The van der Waals surface area contributed by atoms with Gasteiger partial charge in [-0.15, -0.1) is 0 Å². The fourth-order valence-electron chi connectivity index (χ4n) is 3.57. The predicted molar refractivity (Wildman–Crippen MR) is 127 cm³/mol. The van der Waals surface area contributed by atoms with Crippen LogP contribution in [0.1, 0.15) is 123 Å². The fourth-order valence-corrected chi connectivity index (χ4v) is 3.57. The van der Waals surface area contributed by atoms with Crippen molar-refractivity contribution in [3.63, 3.8) is 0 Å². The summed E-state index contributed by atoms with van der Waals surface area (Å²) < 4.78 is 5.34. The molecule has 4 nitrogen and oxygen atoms in total. The highest BCUT2D eigenvalue weighted by molar-refractivity contribution is 5.69. The summed E-state index contributed by atoms with van der Waals surface area (Å²) in [7, 11) is 0. The lowest BCUT2D eigenvalue weighted by atomic mass is 9.85. The van der Waals surface area contributed by atoms with Crippen LogP contribution in [-0.2, 0) is 9.53 Å². The van der Waals surface area contributed by atoms with E-state index in [1.165, 1.54) is 64.2 Å². The molecule has 0 saturated heterocycles. The maximum absolute atomic E-state index is 11.9. The number of ether oxygens (including phenoxy) is 1. The predicted octanol–water partition coefficient (Wildman–Crippen LogP) is 6.73. The molecule has 0 spiro atoms. The van der Waals surface area contributed by atoms with E-state index in [2.05, 4.69) is 26.0 Å². The molecule has 178 valence electrons. The van der Waals surface area contributed by atoms with Gasteiger partial charge in [0.15, 0.2) is 0 Å². The standard InChI is InChI=1S/C26H50O4/c1-3-5-7-8-9-10-11-12-13-14-15-16-17-18-19-20-25(29)30-24-26(22-27,23-28)21-6-4-2/h12-13,27-28H,3-11,14-24H2,1-2H3. The molecule has 0 aromatic rings. The molecule has 0 rings (SSSR count). The van der Waals surface area contributed by atoms with E-state index in [0.717, 1.165) is 32.1 Å². The summed E-state index contributed by atoms with van der Waals surface area (Å²) in [5, 5.41) is 19.2. The van der Waals surface area contributed by atoms with Gasteiger partial charge in [0, 0.05) is 6.42 Å². The van der Waals surface area contributed by atoms with Gasteiger partial charge in [-0.05, 0) is 38.5 Å². The molecule has 0 aromatic carbocycles. The number of aliphatic hydroxyl groups is 2. The monoisotopic (exact) mass is 426 g/mol. The zero-order chi connectivity index (χ0) is 22.3. The minimum Gasteiger partial charge on any atom is -0.465 e. The third-order valence-corrected chi connectivity index (χ3v) is 5.91. The number of esters is 1. The summed E-state index contributed by atoms with van der Waals surface area (Å²) in [4.78, 5) is 11.9. The van der Waals surface area contributed by atoms with Crippen LogP contribution < -0.4 is 0 Å². The lowest BCUT2D eigenvalue weighted by Crippen LogP contribution is -2.36. The first-order valence-electron chi connectivity index (χ1n) is 12.7. The van der Waals surface area contributed by atoms with Crippen molar-refractivity contribution in [1.29, 1.82) is 0 Å². The Morgan fingerprint density at radius 2 is 1.23 bits per heavy atom. The van der Waals surface area contributed by atoms with Gasteiger partial charge in [0.1, 0.15) is 6.61 Å². The van der Waals surface area contributed by atoms with E-state index in [1.54, 1.807) is 0 Å². The van der Waals surface area contributed by atoms with Gasteiger partial charge in [-0.1, -0.05) is 90.2 Å². The molecule has 0 saturated carbocycles. The van der Waals surface area contributed by atoms with Crippen LogP contribution in [-0.4, -0.2) is 36.0 Å². The first-order valence-corrected chi connectivity index (χ1v) is 12.7. The van der Waals surface area contributed by atoms with Crippen molar-refractivity contribution in [3.05, 3.63) is 12.2 Å². The summed E-state index contributed by atoms with van der Waals surface area (Å²) in [6.07, 6.45) is 23.7. The topological polar surface area (TPSA) is 66.8 Å². The third kappa shape index (κ3) is 16.9. The Hall–Kier alpha value is -0.870. The average Bonchev–Trinajstić information content (AvgIpc) is 2.77. The van der Waals surface area contributed by atoms with Crippen LogP contribution in [0.3, 0.4) is 0 Å². The molecule has 0 heterocycles. The highest BCUT2D eigenvalue weighted by Gasteiger charge is 2.30. The van der Waals surface area contributed by atoms with Crippen LogP contribution in [0.15, 0.2) is 12.2 Å². The Morgan fingerprint density at radius 1 is 0.733 bits per heavy atom. The van der Waals surface area contributed by atoms with Crippen LogP contribution in [0.5, 0.6) is 0 Å². The first kappa shape index (κ1) is 29.1. The second-order valence-electron chi connectivity index (χ2n) is 8.91.